The molecule has 0 amide bonds. The van der Waals surface area contributed by atoms with E-state index in [2.05, 4.69) is 38.4 Å². The Labute approximate surface area is 106 Å². The SMILES string of the molecule is C=C(Br)COc1cc(Br)ccc1C(C)O. The zero-order chi connectivity index (χ0) is 11.4. The molecule has 4 heteroatoms. The highest BCUT2D eigenvalue weighted by molar-refractivity contribution is 9.11. The lowest BCUT2D eigenvalue weighted by molar-refractivity contribution is 0.193. The number of hydrogen-bond acceptors (Lipinski definition) is 2. The van der Waals surface area contributed by atoms with Gasteiger partial charge in [-0.15, -0.1) is 0 Å². The van der Waals surface area contributed by atoms with Crippen molar-refractivity contribution in [2.45, 2.75) is 13.0 Å². The third kappa shape index (κ3) is 3.97. The molecule has 82 valence electrons. The molecule has 1 atom stereocenters. The highest BCUT2D eigenvalue weighted by atomic mass is 79.9. The van der Waals surface area contributed by atoms with Gasteiger partial charge in [-0.1, -0.05) is 44.5 Å². The maximum absolute atomic E-state index is 9.53. The van der Waals surface area contributed by atoms with Crippen molar-refractivity contribution in [2.75, 3.05) is 6.61 Å². The zero-order valence-corrected chi connectivity index (χ0v) is 11.5. The molecule has 0 aromatic heterocycles. The van der Waals surface area contributed by atoms with Gasteiger partial charge in [0.15, 0.2) is 0 Å². The fraction of sp³-hybridized carbons (Fsp3) is 0.273. The van der Waals surface area contributed by atoms with Crippen molar-refractivity contribution in [2.24, 2.45) is 0 Å². The Morgan fingerprint density at radius 1 is 1.60 bits per heavy atom. The Bertz CT molecular complexity index is 362. The number of benzene rings is 1. The lowest BCUT2D eigenvalue weighted by Gasteiger charge is -2.13. The van der Waals surface area contributed by atoms with Crippen LogP contribution in [0.1, 0.15) is 18.6 Å². The van der Waals surface area contributed by atoms with E-state index in [1.165, 1.54) is 0 Å². The van der Waals surface area contributed by atoms with E-state index < -0.39 is 6.10 Å². The summed E-state index contributed by atoms with van der Waals surface area (Å²) in [6.07, 6.45) is -0.545. The Morgan fingerprint density at radius 2 is 2.27 bits per heavy atom. The highest BCUT2D eigenvalue weighted by Crippen LogP contribution is 2.29. The number of aliphatic hydroxyl groups excluding tert-OH is 1. The Kier molecular flexibility index (Phi) is 4.83. The van der Waals surface area contributed by atoms with E-state index in [0.717, 1.165) is 14.5 Å². The maximum Gasteiger partial charge on any atom is 0.126 e. The lowest BCUT2D eigenvalue weighted by atomic mass is 10.1. The highest BCUT2D eigenvalue weighted by Gasteiger charge is 2.09. The normalized spacial score (nSPS) is 12.3. The molecule has 0 heterocycles. The minimum atomic E-state index is -0.545. The molecule has 0 aliphatic heterocycles. The number of ether oxygens (including phenoxy) is 1. The molecule has 1 aromatic carbocycles. The monoisotopic (exact) mass is 334 g/mol. The molecule has 1 N–H and O–H groups in total. The van der Waals surface area contributed by atoms with Crippen LogP contribution in [-0.4, -0.2) is 11.7 Å². The first kappa shape index (κ1) is 12.7. The fourth-order valence-electron chi connectivity index (χ4n) is 1.13. The molecule has 0 radical (unpaired) electrons. The van der Waals surface area contributed by atoms with Crippen LogP contribution in [-0.2, 0) is 0 Å². The number of hydrogen-bond donors (Lipinski definition) is 1. The van der Waals surface area contributed by atoms with E-state index in [1.807, 2.05) is 18.2 Å². The van der Waals surface area contributed by atoms with Crippen LogP contribution in [0.15, 0.2) is 33.7 Å². The van der Waals surface area contributed by atoms with Gasteiger partial charge in [0, 0.05) is 14.5 Å². The van der Waals surface area contributed by atoms with Gasteiger partial charge in [-0.25, -0.2) is 0 Å². The number of aliphatic hydroxyl groups is 1. The summed E-state index contributed by atoms with van der Waals surface area (Å²) in [7, 11) is 0. The van der Waals surface area contributed by atoms with E-state index in [9.17, 15) is 5.11 Å². The maximum atomic E-state index is 9.53. The second-order valence-corrected chi connectivity index (χ2v) is 5.20. The Balaban J connectivity index is 2.91. The molecule has 1 unspecified atom stereocenters. The standard InChI is InChI=1S/C11H12Br2O2/c1-7(12)6-15-11-5-9(13)3-4-10(11)8(2)14/h3-5,8,14H,1,6H2,2H3. The van der Waals surface area contributed by atoms with Crippen LogP contribution in [0.3, 0.4) is 0 Å². The average molecular weight is 336 g/mol. The molecule has 15 heavy (non-hydrogen) atoms. The van der Waals surface area contributed by atoms with Crippen LogP contribution in [0.5, 0.6) is 5.75 Å². The third-order valence-corrected chi connectivity index (χ3v) is 2.53. The summed E-state index contributed by atoms with van der Waals surface area (Å²) in [5, 5.41) is 9.53. The van der Waals surface area contributed by atoms with Crippen LogP contribution in [0.4, 0.5) is 0 Å². The molecular weight excluding hydrogens is 324 g/mol. The second kappa shape index (κ2) is 5.68. The number of rotatable bonds is 4. The van der Waals surface area contributed by atoms with Gasteiger partial charge < -0.3 is 9.84 Å². The predicted molar refractivity (Wildman–Crippen MR) is 68.3 cm³/mol. The predicted octanol–water partition coefficient (Wildman–Crippen LogP) is 3.79. The summed E-state index contributed by atoms with van der Waals surface area (Å²) >= 11 is 6.57. The molecule has 1 aromatic rings. The molecule has 0 aliphatic rings. The lowest BCUT2D eigenvalue weighted by Crippen LogP contribution is -2.01. The molecule has 0 spiro atoms. The van der Waals surface area contributed by atoms with Crippen LogP contribution >= 0.6 is 31.9 Å². The van der Waals surface area contributed by atoms with Gasteiger partial charge in [0.05, 0.1) is 6.10 Å². The molecule has 1 rings (SSSR count). The molecule has 0 aliphatic carbocycles. The summed E-state index contributed by atoms with van der Waals surface area (Å²) in [5.74, 6) is 0.667. The van der Waals surface area contributed by atoms with Gasteiger partial charge >= 0.3 is 0 Å². The van der Waals surface area contributed by atoms with Crippen molar-refractivity contribution in [3.63, 3.8) is 0 Å². The third-order valence-electron chi connectivity index (χ3n) is 1.81. The van der Waals surface area contributed by atoms with Crippen LogP contribution < -0.4 is 4.74 Å². The first-order valence-electron chi connectivity index (χ1n) is 4.44. The number of halogens is 2. The van der Waals surface area contributed by atoms with E-state index in [4.69, 9.17) is 4.74 Å². The summed E-state index contributed by atoms with van der Waals surface area (Å²) in [6, 6.07) is 5.54. The van der Waals surface area contributed by atoms with Gasteiger partial charge in [-0.05, 0) is 19.1 Å². The quantitative estimate of drug-likeness (QED) is 0.907. The first-order chi connectivity index (χ1) is 7.00. The molecular formula is C11H12Br2O2. The molecule has 0 saturated carbocycles. The van der Waals surface area contributed by atoms with Gasteiger partial charge in [0.25, 0.3) is 0 Å². The van der Waals surface area contributed by atoms with E-state index >= 15 is 0 Å². The van der Waals surface area contributed by atoms with Gasteiger partial charge in [-0.3, -0.25) is 0 Å². The van der Waals surface area contributed by atoms with Crippen molar-refractivity contribution in [1.29, 1.82) is 0 Å². The van der Waals surface area contributed by atoms with E-state index in [1.54, 1.807) is 6.92 Å². The Hall–Kier alpha value is -0.320. The summed E-state index contributed by atoms with van der Waals surface area (Å²) < 4.78 is 7.19. The zero-order valence-electron chi connectivity index (χ0n) is 8.34. The van der Waals surface area contributed by atoms with E-state index in [-0.39, 0.29) is 0 Å². The minimum absolute atomic E-state index is 0.385. The molecule has 0 bridgehead atoms. The fourth-order valence-corrected chi connectivity index (χ4v) is 1.59. The van der Waals surface area contributed by atoms with Crippen molar-refractivity contribution < 1.29 is 9.84 Å². The summed E-state index contributed by atoms with van der Waals surface area (Å²) in [4.78, 5) is 0. The van der Waals surface area contributed by atoms with Crippen molar-refractivity contribution in [3.05, 3.63) is 39.3 Å². The minimum Gasteiger partial charge on any atom is -0.488 e. The largest absolute Gasteiger partial charge is 0.488 e. The summed E-state index contributed by atoms with van der Waals surface area (Å²) in [6.45, 7) is 5.78. The topological polar surface area (TPSA) is 29.5 Å². The average Bonchev–Trinajstić information content (AvgIpc) is 2.14. The summed E-state index contributed by atoms with van der Waals surface area (Å²) in [5.41, 5.74) is 0.770. The van der Waals surface area contributed by atoms with Gasteiger partial charge in [0.1, 0.15) is 12.4 Å². The van der Waals surface area contributed by atoms with Gasteiger partial charge in [0.2, 0.25) is 0 Å². The van der Waals surface area contributed by atoms with E-state index in [0.29, 0.717) is 12.4 Å². The van der Waals surface area contributed by atoms with Crippen molar-refractivity contribution in [1.82, 2.24) is 0 Å². The molecule has 0 fully saturated rings. The van der Waals surface area contributed by atoms with Crippen molar-refractivity contribution >= 4 is 31.9 Å². The smallest absolute Gasteiger partial charge is 0.126 e. The molecule has 0 saturated heterocycles. The van der Waals surface area contributed by atoms with Crippen LogP contribution in [0, 0.1) is 0 Å². The second-order valence-electron chi connectivity index (χ2n) is 3.16. The first-order valence-corrected chi connectivity index (χ1v) is 6.03. The van der Waals surface area contributed by atoms with Crippen LogP contribution in [0.2, 0.25) is 0 Å². The van der Waals surface area contributed by atoms with Gasteiger partial charge in [-0.2, -0.15) is 0 Å². The Morgan fingerprint density at radius 3 is 2.80 bits per heavy atom. The van der Waals surface area contributed by atoms with Crippen molar-refractivity contribution in [3.8, 4) is 5.75 Å². The molecule has 2 nitrogen and oxygen atoms in total. The van der Waals surface area contributed by atoms with Crippen LogP contribution in [0.25, 0.3) is 0 Å².